The minimum absolute atomic E-state index is 0.00919. The molecule has 0 aromatic heterocycles. The molecule has 2 rings (SSSR count). The van der Waals surface area contributed by atoms with Crippen LogP contribution in [0.4, 0.5) is 0 Å². The standard InChI is InChI=1S/C17H21NO3/c1-12(2)18(10-5-11-19)17(21)15-9-8-13-6-3-4-7-14(13)16(15)20/h3-4,6-9,12,19-20H,5,10-11H2,1-2H3. The van der Waals surface area contributed by atoms with E-state index in [2.05, 4.69) is 0 Å². The van der Waals surface area contributed by atoms with Gasteiger partial charge in [0.2, 0.25) is 0 Å². The van der Waals surface area contributed by atoms with Crippen molar-refractivity contribution >= 4 is 16.7 Å². The van der Waals surface area contributed by atoms with Gasteiger partial charge in [-0.15, -0.1) is 0 Å². The molecule has 2 aromatic rings. The lowest BCUT2D eigenvalue weighted by atomic mass is 10.0. The average molecular weight is 287 g/mol. The summed E-state index contributed by atoms with van der Waals surface area (Å²) in [6.07, 6.45) is 0.526. The van der Waals surface area contributed by atoms with Crippen LogP contribution >= 0.6 is 0 Å². The highest BCUT2D eigenvalue weighted by atomic mass is 16.3. The first kappa shape index (κ1) is 15.3. The number of aliphatic hydroxyl groups excluding tert-OH is 1. The molecule has 1 amide bonds. The number of nitrogens with zero attached hydrogens (tertiary/aromatic N) is 1. The van der Waals surface area contributed by atoms with E-state index in [-0.39, 0.29) is 24.3 Å². The van der Waals surface area contributed by atoms with Gasteiger partial charge in [0.25, 0.3) is 5.91 Å². The van der Waals surface area contributed by atoms with Gasteiger partial charge in [0.05, 0.1) is 5.56 Å². The Bertz CT molecular complexity index is 637. The lowest BCUT2D eigenvalue weighted by molar-refractivity contribution is 0.0690. The number of aromatic hydroxyl groups is 1. The van der Waals surface area contributed by atoms with Crippen molar-refractivity contribution in [3.63, 3.8) is 0 Å². The number of amides is 1. The molecule has 112 valence electrons. The first-order valence-corrected chi connectivity index (χ1v) is 7.18. The summed E-state index contributed by atoms with van der Waals surface area (Å²) >= 11 is 0. The topological polar surface area (TPSA) is 60.8 Å². The van der Waals surface area contributed by atoms with Crippen LogP contribution in [0.25, 0.3) is 10.8 Å². The molecule has 0 saturated carbocycles. The Morgan fingerprint density at radius 1 is 1.19 bits per heavy atom. The van der Waals surface area contributed by atoms with Crippen LogP contribution in [0.15, 0.2) is 36.4 Å². The molecule has 0 fully saturated rings. The van der Waals surface area contributed by atoms with Gasteiger partial charge in [-0.3, -0.25) is 4.79 Å². The van der Waals surface area contributed by atoms with E-state index in [1.807, 2.05) is 38.1 Å². The lowest BCUT2D eigenvalue weighted by Gasteiger charge is -2.27. The molecule has 0 aliphatic carbocycles. The molecule has 4 nitrogen and oxygen atoms in total. The molecule has 4 heteroatoms. The van der Waals surface area contributed by atoms with Gasteiger partial charge in [0.15, 0.2) is 0 Å². The predicted octanol–water partition coefficient (Wildman–Crippen LogP) is 2.78. The van der Waals surface area contributed by atoms with E-state index in [1.54, 1.807) is 17.0 Å². The molecule has 21 heavy (non-hydrogen) atoms. The summed E-state index contributed by atoms with van der Waals surface area (Å²) in [5.74, 6) is -0.186. The van der Waals surface area contributed by atoms with Crippen molar-refractivity contribution in [2.75, 3.05) is 13.2 Å². The largest absolute Gasteiger partial charge is 0.506 e. The zero-order valence-corrected chi connectivity index (χ0v) is 12.4. The van der Waals surface area contributed by atoms with Gasteiger partial charge in [-0.1, -0.05) is 30.3 Å². The number of phenols is 1. The highest BCUT2D eigenvalue weighted by Crippen LogP contribution is 2.29. The number of hydrogen-bond acceptors (Lipinski definition) is 3. The second kappa shape index (κ2) is 6.59. The maximum Gasteiger partial charge on any atom is 0.257 e. The first-order chi connectivity index (χ1) is 10.1. The van der Waals surface area contributed by atoms with Crippen LogP contribution in [-0.4, -0.2) is 40.2 Å². The second-order valence-corrected chi connectivity index (χ2v) is 5.35. The molecule has 0 aliphatic heterocycles. The summed E-state index contributed by atoms with van der Waals surface area (Å²) in [4.78, 5) is 14.3. The van der Waals surface area contributed by atoms with Crippen LogP contribution in [0.3, 0.4) is 0 Å². The Labute approximate surface area is 124 Å². The van der Waals surface area contributed by atoms with Crippen molar-refractivity contribution in [3.8, 4) is 5.75 Å². The molecule has 0 unspecified atom stereocenters. The van der Waals surface area contributed by atoms with Crippen molar-refractivity contribution in [1.82, 2.24) is 4.90 Å². The molecule has 0 aliphatic rings. The van der Waals surface area contributed by atoms with Crippen molar-refractivity contribution < 1.29 is 15.0 Å². The van der Waals surface area contributed by atoms with Gasteiger partial charge in [-0.25, -0.2) is 0 Å². The number of aliphatic hydroxyl groups is 1. The zero-order chi connectivity index (χ0) is 15.4. The Morgan fingerprint density at radius 3 is 2.57 bits per heavy atom. The van der Waals surface area contributed by atoms with Crippen molar-refractivity contribution in [2.24, 2.45) is 0 Å². The summed E-state index contributed by atoms with van der Waals surface area (Å²) < 4.78 is 0. The first-order valence-electron chi connectivity index (χ1n) is 7.18. The normalized spacial score (nSPS) is 11.0. The van der Waals surface area contributed by atoms with Gasteiger partial charge in [0.1, 0.15) is 5.75 Å². The van der Waals surface area contributed by atoms with Crippen LogP contribution in [0, 0.1) is 0 Å². The second-order valence-electron chi connectivity index (χ2n) is 5.35. The molecular weight excluding hydrogens is 266 g/mol. The molecule has 0 spiro atoms. The minimum atomic E-state index is -0.207. The van der Waals surface area contributed by atoms with E-state index in [4.69, 9.17) is 5.11 Å². The summed E-state index contributed by atoms with van der Waals surface area (Å²) in [5.41, 5.74) is 0.306. The van der Waals surface area contributed by atoms with Gasteiger partial charge in [-0.05, 0) is 31.7 Å². The third kappa shape index (κ3) is 3.16. The average Bonchev–Trinajstić information content (AvgIpc) is 2.47. The highest BCUT2D eigenvalue weighted by Gasteiger charge is 2.22. The third-order valence-corrected chi connectivity index (χ3v) is 3.57. The van der Waals surface area contributed by atoms with E-state index in [9.17, 15) is 9.90 Å². The number of hydrogen-bond donors (Lipinski definition) is 2. The van der Waals surface area contributed by atoms with E-state index >= 15 is 0 Å². The Kier molecular flexibility index (Phi) is 4.81. The van der Waals surface area contributed by atoms with Crippen molar-refractivity contribution in [3.05, 3.63) is 42.0 Å². The van der Waals surface area contributed by atoms with Gasteiger partial charge in [0, 0.05) is 24.6 Å². The quantitative estimate of drug-likeness (QED) is 0.889. The van der Waals surface area contributed by atoms with Crippen LogP contribution < -0.4 is 0 Å². The maximum atomic E-state index is 12.6. The number of benzene rings is 2. The van der Waals surface area contributed by atoms with Gasteiger partial charge >= 0.3 is 0 Å². The van der Waals surface area contributed by atoms with Crippen LogP contribution in [0.1, 0.15) is 30.6 Å². The Hall–Kier alpha value is -2.07. The summed E-state index contributed by atoms with van der Waals surface area (Å²) in [5, 5.41) is 20.9. The fraction of sp³-hybridized carbons (Fsp3) is 0.353. The SMILES string of the molecule is CC(C)N(CCCO)C(=O)c1ccc2ccccc2c1O. The van der Waals surface area contributed by atoms with E-state index < -0.39 is 0 Å². The van der Waals surface area contributed by atoms with Crippen molar-refractivity contribution in [1.29, 1.82) is 0 Å². The number of fused-ring (bicyclic) bond motifs is 1. The number of rotatable bonds is 5. The maximum absolute atomic E-state index is 12.6. The molecule has 0 saturated heterocycles. The van der Waals surface area contributed by atoms with Crippen LogP contribution in [0.2, 0.25) is 0 Å². The minimum Gasteiger partial charge on any atom is -0.506 e. The molecule has 0 heterocycles. The monoisotopic (exact) mass is 287 g/mol. The van der Waals surface area contributed by atoms with E-state index in [0.717, 1.165) is 5.39 Å². The van der Waals surface area contributed by atoms with Gasteiger partial charge in [-0.2, -0.15) is 0 Å². The fourth-order valence-electron chi connectivity index (χ4n) is 2.42. The van der Waals surface area contributed by atoms with Crippen LogP contribution in [-0.2, 0) is 0 Å². The summed E-state index contributed by atoms with van der Waals surface area (Å²) in [6, 6.07) is 10.9. The highest BCUT2D eigenvalue weighted by molar-refractivity contribution is 6.03. The van der Waals surface area contributed by atoms with Crippen molar-refractivity contribution in [2.45, 2.75) is 26.3 Å². The van der Waals surface area contributed by atoms with E-state index in [0.29, 0.717) is 23.9 Å². The summed E-state index contributed by atoms with van der Waals surface area (Å²) in [6.45, 7) is 4.36. The zero-order valence-electron chi connectivity index (χ0n) is 12.4. The fourth-order valence-corrected chi connectivity index (χ4v) is 2.42. The Balaban J connectivity index is 2.39. The van der Waals surface area contributed by atoms with E-state index in [1.165, 1.54) is 0 Å². The Morgan fingerprint density at radius 2 is 1.90 bits per heavy atom. The van der Waals surface area contributed by atoms with Crippen LogP contribution in [0.5, 0.6) is 5.75 Å². The smallest absolute Gasteiger partial charge is 0.257 e. The molecule has 2 N–H and O–H groups in total. The third-order valence-electron chi connectivity index (χ3n) is 3.57. The molecular formula is C17H21NO3. The molecule has 0 atom stereocenters. The molecule has 2 aromatic carbocycles. The lowest BCUT2D eigenvalue weighted by Crippen LogP contribution is -2.38. The molecule has 0 bridgehead atoms. The summed E-state index contributed by atoms with van der Waals surface area (Å²) in [7, 11) is 0. The number of carbonyl (C=O) groups excluding carboxylic acids is 1. The predicted molar refractivity (Wildman–Crippen MR) is 83.5 cm³/mol. The van der Waals surface area contributed by atoms with Gasteiger partial charge < -0.3 is 15.1 Å². The number of phenolic OH excluding ortho intramolecular Hbond substituents is 1. The number of carbonyl (C=O) groups is 1. The molecule has 0 radical (unpaired) electrons.